The summed E-state index contributed by atoms with van der Waals surface area (Å²) in [4.78, 5) is 29.8. The number of piperazine rings is 1. The summed E-state index contributed by atoms with van der Waals surface area (Å²) >= 11 is 0.683. The molecule has 9 nitrogen and oxygen atoms in total. The van der Waals surface area contributed by atoms with Gasteiger partial charge in [-0.2, -0.15) is 23.1 Å². The molecule has 262 valence electrons. The van der Waals surface area contributed by atoms with Gasteiger partial charge in [-0.25, -0.2) is 18.0 Å². The molecule has 0 spiro atoms. The van der Waals surface area contributed by atoms with Gasteiger partial charge >= 0.3 is 12.2 Å². The molecule has 16 heteroatoms. The van der Waals surface area contributed by atoms with Crippen LogP contribution in [0.2, 0.25) is 0 Å². The molecule has 0 bridgehead atoms. The van der Waals surface area contributed by atoms with Crippen molar-refractivity contribution in [1.29, 1.82) is 0 Å². The van der Waals surface area contributed by atoms with Crippen LogP contribution < -0.4 is 15.4 Å². The van der Waals surface area contributed by atoms with Crippen molar-refractivity contribution in [2.45, 2.75) is 50.1 Å². The van der Waals surface area contributed by atoms with Crippen molar-refractivity contribution in [3.63, 3.8) is 0 Å². The number of rotatable bonds is 6. The van der Waals surface area contributed by atoms with Gasteiger partial charge in [0.2, 0.25) is 11.6 Å². The molecular weight excluding hydrogens is 684 g/mol. The van der Waals surface area contributed by atoms with Gasteiger partial charge in [0, 0.05) is 55.0 Å². The maximum Gasteiger partial charge on any atom is 0.417 e. The molecule has 3 saturated heterocycles. The lowest BCUT2D eigenvalue weighted by Gasteiger charge is -2.40. The second-order valence-electron chi connectivity index (χ2n) is 13.0. The summed E-state index contributed by atoms with van der Waals surface area (Å²) < 4.78 is 97.3. The first kappa shape index (κ1) is 33.9. The van der Waals surface area contributed by atoms with Crippen molar-refractivity contribution in [1.82, 2.24) is 19.8 Å². The largest absolute Gasteiger partial charge is 0.461 e. The van der Waals surface area contributed by atoms with Crippen LogP contribution in [0, 0.1) is 18.2 Å². The Morgan fingerprint density at radius 2 is 2.02 bits per heavy atom. The minimum atomic E-state index is -5.11. The number of carbonyl (C=O) groups excluding carboxylic acids is 1. The lowest BCUT2D eigenvalue weighted by atomic mass is 9.93. The summed E-state index contributed by atoms with van der Waals surface area (Å²) in [6.45, 7) is 14.3. The van der Waals surface area contributed by atoms with Gasteiger partial charge in [0.25, 0.3) is 0 Å². The molecule has 3 fully saturated rings. The fourth-order valence-electron chi connectivity index (χ4n) is 7.72. The molecular formula is C34H31F6N7O2S. The summed E-state index contributed by atoms with van der Waals surface area (Å²) in [7, 11) is 0. The Morgan fingerprint density at radius 3 is 2.72 bits per heavy atom. The Hall–Kier alpha value is -4.62. The molecule has 50 heavy (non-hydrogen) atoms. The molecule has 4 aromatic rings. The van der Waals surface area contributed by atoms with Crippen LogP contribution in [0.25, 0.3) is 37.0 Å². The maximum absolute atomic E-state index is 17.1. The number of benzene rings is 2. The van der Waals surface area contributed by atoms with Gasteiger partial charge in [0.05, 0.1) is 27.4 Å². The quantitative estimate of drug-likeness (QED) is 0.129. The zero-order valence-electron chi connectivity index (χ0n) is 26.8. The lowest BCUT2D eigenvalue weighted by molar-refractivity contribution is -0.137. The SMILES string of the molecule is [C-]#[N+]c1c(N)sc2c(F)ccc(-c3c(C(F)(F)F)cc4c(N5CCN(C(=O)C=C)C(C)C5)nc(OCC56CCCN5CC(F)C6)nc4c3F)c12. The average Bonchev–Trinajstić information content (AvgIpc) is 3.72. The molecule has 3 aliphatic heterocycles. The van der Waals surface area contributed by atoms with Crippen molar-refractivity contribution in [3.8, 4) is 17.1 Å². The molecule has 2 aromatic heterocycles. The first-order chi connectivity index (χ1) is 23.8. The fourth-order valence-corrected chi connectivity index (χ4v) is 8.66. The van der Waals surface area contributed by atoms with Crippen molar-refractivity contribution in [3.05, 3.63) is 59.5 Å². The van der Waals surface area contributed by atoms with Gasteiger partial charge in [-0.15, -0.1) is 11.3 Å². The predicted molar refractivity (Wildman–Crippen MR) is 178 cm³/mol. The molecule has 0 aliphatic carbocycles. The number of carbonyl (C=O) groups is 1. The topological polar surface area (TPSA) is 92.2 Å². The molecule has 0 saturated carbocycles. The first-order valence-electron chi connectivity index (χ1n) is 16.0. The van der Waals surface area contributed by atoms with E-state index in [1.807, 2.05) is 4.90 Å². The summed E-state index contributed by atoms with van der Waals surface area (Å²) in [5, 5.41) is -0.626. The van der Waals surface area contributed by atoms with E-state index < -0.39 is 52.2 Å². The van der Waals surface area contributed by atoms with E-state index in [0.717, 1.165) is 24.6 Å². The molecule has 3 aliphatic rings. The molecule has 5 heterocycles. The van der Waals surface area contributed by atoms with Crippen molar-refractivity contribution in [2.24, 2.45) is 0 Å². The molecule has 2 aromatic carbocycles. The van der Waals surface area contributed by atoms with E-state index in [2.05, 4.69) is 21.4 Å². The van der Waals surface area contributed by atoms with Crippen LogP contribution >= 0.6 is 11.3 Å². The van der Waals surface area contributed by atoms with Crippen LogP contribution in [-0.2, 0) is 11.0 Å². The van der Waals surface area contributed by atoms with Gasteiger partial charge in [-0.1, -0.05) is 12.6 Å². The number of hydrogen-bond donors (Lipinski definition) is 1. The van der Waals surface area contributed by atoms with Crippen LogP contribution in [0.1, 0.15) is 31.7 Å². The highest BCUT2D eigenvalue weighted by Gasteiger charge is 2.49. The normalized spacial score (nSPS) is 22.7. The number of nitrogen functional groups attached to an aromatic ring is 1. The van der Waals surface area contributed by atoms with Gasteiger partial charge in [-0.3, -0.25) is 9.69 Å². The van der Waals surface area contributed by atoms with Gasteiger partial charge in [-0.05, 0) is 50.1 Å². The zero-order valence-corrected chi connectivity index (χ0v) is 27.6. The minimum Gasteiger partial charge on any atom is -0.461 e. The van der Waals surface area contributed by atoms with Crippen molar-refractivity contribution in [2.75, 3.05) is 50.0 Å². The molecule has 3 unspecified atom stereocenters. The highest BCUT2D eigenvalue weighted by atomic mass is 32.1. The Balaban J connectivity index is 1.44. The van der Waals surface area contributed by atoms with E-state index >= 15 is 4.39 Å². The monoisotopic (exact) mass is 715 g/mol. The van der Waals surface area contributed by atoms with E-state index in [1.54, 1.807) is 16.7 Å². The third-order valence-electron chi connectivity index (χ3n) is 9.98. The number of nitrogens with zero attached hydrogens (tertiary/aromatic N) is 6. The third-order valence-corrected chi connectivity index (χ3v) is 11.0. The van der Waals surface area contributed by atoms with E-state index in [4.69, 9.17) is 17.0 Å². The number of fused-ring (bicyclic) bond motifs is 3. The number of halogens is 6. The van der Waals surface area contributed by atoms with Gasteiger partial charge in [0.1, 0.15) is 29.9 Å². The van der Waals surface area contributed by atoms with E-state index in [1.165, 1.54) is 6.08 Å². The highest BCUT2D eigenvalue weighted by molar-refractivity contribution is 7.23. The molecule has 0 radical (unpaired) electrons. The minimum absolute atomic E-state index is 0.0212. The Bertz CT molecular complexity index is 2100. The molecule has 7 rings (SSSR count). The molecule has 3 atom stereocenters. The van der Waals surface area contributed by atoms with Crippen LogP contribution in [0.5, 0.6) is 6.01 Å². The number of anilines is 2. The Morgan fingerprint density at radius 1 is 1.24 bits per heavy atom. The highest BCUT2D eigenvalue weighted by Crippen LogP contribution is 2.51. The number of alkyl halides is 4. The predicted octanol–water partition coefficient (Wildman–Crippen LogP) is 7.12. The van der Waals surface area contributed by atoms with E-state index in [-0.39, 0.29) is 88.7 Å². The number of hydrogen-bond acceptors (Lipinski definition) is 8. The smallest absolute Gasteiger partial charge is 0.417 e. The Labute approximate surface area is 286 Å². The summed E-state index contributed by atoms with van der Waals surface area (Å²) in [5.74, 6) is -2.56. The van der Waals surface area contributed by atoms with Crippen molar-refractivity contribution >= 4 is 54.7 Å². The number of aromatic nitrogens is 2. The molecule has 2 N–H and O–H groups in total. The number of nitrogens with two attached hydrogens (primary N) is 1. The van der Waals surface area contributed by atoms with Crippen LogP contribution in [0.15, 0.2) is 30.9 Å². The standard InChI is InChI=1S/C34H31F6N7O2S/c1-4-23(48)47-11-10-45(14-17(47)2)31-20-12-21(34(38,39)40)24(19-6-7-22(36)29-25(19)28(42-3)30(41)50-29)26(37)27(20)43-32(44-31)49-16-33-8-5-9-46(33)15-18(35)13-33/h4,6-7,12,17-18H,1,5,8-11,13-16,41H2,2H3. The maximum atomic E-state index is 17.1. The summed E-state index contributed by atoms with van der Waals surface area (Å²) in [6.07, 6.45) is -3.28. The Kier molecular flexibility index (Phi) is 8.33. The zero-order chi connectivity index (χ0) is 35.7. The third kappa shape index (κ3) is 5.47. The van der Waals surface area contributed by atoms with Gasteiger partial charge in [0.15, 0.2) is 5.82 Å². The molecule has 1 amide bonds. The average molecular weight is 716 g/mol. The second-order valence-corrected chi connectivity index (χ2v) is 14.0. The van der Waals surface area contributed by atoms with Crippen LogP contribution in [0.4, 0.5) is 42.8 Å². The lowest BCUT2D eigenvalue weighted by Crippen LogP contribution is -2.54. The van der Waals surface area contributed by atoms with E-state index in [9.17, 15) is 26.7 Å². The van der Waals surface area contributed by atoms with E-state index in [0.29, 0.717) is 24.3 Å². The number of amides is 1. The number of thiophene rings is 1. The second kappa shape index (κ2) is 12.3. The van der Waals surface area contributed by atoms with Crippen molar-refractivity contribution < 1.29 is 35.9 Å². The summed E-state index contributed by atoms with van der Waals surface area (Å²) in [6, 6.07) is 1.93. The van der Waals surface area contributed by atoms with Gasteiger partial charge < -0.3 is 20.3 Å². The first-order valence-corrected chi connectivity index (χ1v) is 16.8. The van der Waals surface area contributed by atoms with Crippen LogP contribution in [0.3, 0.4) is 0 Å². The summed E-state index contributed by atoms with van der Waals surface area (Å²) in [5.41, 5.74) is 1.86. The van der Waals surface area contributed by atoms with Crippen LogP contribution in [-0.4, -0.2) is 82.8 Å². The fraction of sp³-hybridized carbons (Fsp3) is 0.412. The number of ether oxygens (including phenoxy) is 1.